The van der Waals surface area contributed by atoms with Gasteiger partial charge in [-0.3, -0.25) is 29.8 Å². The van der Waals surface area contributed by atoms with E-state index in [0.717, 1.165) is 0 Å². The predicted molar refractivity (Wildman–Crippen MR) is 170 cm³/mol. The molecule has 1 aromatic heterocycles. The summed E-state index contributed by atoms with van der Waals surface area (Å²) in [5, 5.41) is 20.2. The summed E-state index contributed by atoms with van der Waals surface area (Å²) in [6.07, 6.45) is -2.45. The maximum Gasteiger partial charge on any atom is 0.417 e. The number of benzene rings is 2. The first-order valence-electron chi connectivity index (χ1n) is 15.5. The molecule has 3 N–H and O–H groups in total. The van der Waals surface area contributed by atoms with E-state index in [1.807, 2.05) is 0 Å². The average molecular weight is 732 g/mol. The van der Waals surface area contributed by atoms with E-state index in [-0.39, 0.29) is 36.9 Å². The van der Waals surface area contributed by atoms with Gasteiger partial charge in [-0.2, -0.15) is 23.2 Å². The summed E-state index contributed by atoms with van der Waals surface area (Å²) in [5.74, 6) is -7.84. The van der Waals surface area contributed by atoms with Gasteiger partial charge in [0.15, 0.2) is 5.82 Å². The number of aliphatic hydroxyl groups excluding tert-OH is 1. The first-order chi connectivity index (χ1) is 23.8. The van der Waals surface area contributed by atoms with Crippen LogP contribution in [0.5, 0.6) is 5.75 Å². The molecule has 2 aliphatic heterocycles. The number of imide groups is 2. The fourth-order valence-electron chi connectivity index (χ4n) is 8.06. The van der Waals surface area contributed by atoms with Gasteiger partial charge >= 0.3 is 6.18 Å². The van der Waals surface area contributed by atoms with Crippen LogP contribution < -0.4 is 10.2 Å². The summed E-state index contributed by atoms with van der Waals surface area (Å²) in [6.45, 7) is -0.202. The third-order valence-corrected chi connectivity index (χ3v) is 10.6. The number of hydroxylamine groups is 2. The van der Waals surface area contributed by atoms with Crippen molar-refractivity contribution in [3.05, 3.63) is 99.2 Å². The number of hydrazine groups is 1. The van der Waals surface area contributed by atoms with Crippen LogP contribution in [0, 0.1) is 23.7 Å². The number of aliphatic hydroxyl groups is 1. The van der Waals surface area contributed by atoms with E-state index < -0.39 is 75.4 Å². The highest BCUT2D eigenvalue weighted by molar-refractivity contribution is 6.33. The highest BCUT2D eigenvalue weighted by Crippen LogP contribution is 2.64. The third-order valence-electron chi connectivity index (χ3n) is 10.1. The quantitative estimate of drug-likeness (QED) is 0.170. The number of amides is 4. The number of anilines is 1. The molecule has 4 amide bonds. The lowest BCUT2D eigenvalue weighted by molar-refractivity contribution is -0.173. The zero-order chi connectivity index (χ0) is 35.7. The number of aromatic nitrogens is 1. The van der Waals surface area contributed by atoms with Crippen molar-refractivity contribution in [2.45, 2.75) is 30.4 Å². The molecule has 0 spiro atoms. The van der Waals surface area contributed by atoms with Gasteiger partial charge in [-0.1, -0.05) is 59.1 Å². The number of carbonyl (C=O) groups is 4. The first-order valence-corrected chi connectivity index (χ1v) is 16.3. The number of pyridine rings is 1. The maximum absolute atomic E-state index is 15.1. The van der Waals surface area contributed by atoms with Gasteiger partial charge < -0.3 is 9.84 Å². The molecule has 3 heterocycles. The topological polar surface area (TPSA) is 149 Å². The van der Waals surface area contributed by atoms with Crippen LogP contribution in [0.1, 0.15) is 35.4 Å². The second kappa shape index (κ2) is 12.4. The fourth-order valence-corrected chi connectivity index (χ4v) is 8.40. The SMILES string of the molecule is O=C1C2CC=C3C(CC4C(=O)N(Nc5ncc(C(F)(F)F)cc5Cl)C(=O)C4(c4ccc(Cl)cc4)C3c3ccc(OCCO)cc3)C2C(=O)N1O. The Kier molecular flexibility index (Phi) is 8.41. The van der Waals surface area contributed by atoms with Crippen LogP contribution in [-0.2, 0) is 30.8 Å². The van der Waals surface area contributed by atoms with Crippen molar-refractivity contribution in [2.75, 3.05) is 18.6 Å². The number of halogens is 5. The molecule has 0 bridgehead atoms. The van der Waals surface area contributed by atoms with Crippen LogP contribution in [0.3, 0.4) is 0 Å². The lowest BCUT2D eigenvalue weighted by atomic mass is 9.49. The normalized spacial score (nSPS) is 27.6. The fraction of sp³-hybridized carbons (Fsp3) is 0.324. The Morgan fingerprint density at radius 2 is 1.68 bits per heavy atom. The summed E-state index contributed by atoms with van der Waals surface area (Å²) in [4.78, 5) is 59.6. The van der Waals surface area contributed by atoms with E-state index in [1.54, 1.807) is 54.6 Å². The van der Waals surface area contributed by atoms with Gasteiger partial charge in [0, 0.05) is 17.1 Å². The Morgan fingerprint density at radius 1 is 0.980 bits per heavy atom. The van der Waals surface area contributed by atoms with Crippen LogP contribution in [0.15, 0.2) is 72.4 Å². The monoisotopic (exact) mass is 730 g/mol. The van der Waals surface area contributed by atoms with Crippen molar-refractivity contribution in [3.63, 3.8) is 0 Å². The second-order valence-corrected chi connectivity index (χ2v) is 13.4. The standard InChI is InChI=1S/C34H27Cl2F3N4O7/c35-19-5-3-17(4-6-19)33-24(30(46)42(32(33)48)41-28-25(36)13-18(15-40-28)34(37,38)39)14-23-21(9-10-22-26(23)31(47)43(49)29(22)45)27(33)16-1-7-20(8-2-16)50-12-11-44/h1-9,13,15,22-24,26-27,44,49H,10-12,14H2,(H,40,41). The van der Waals surface area contributed by atoms with Crippen LogP contribution >= 0.6 is 23.2 Å². The molecule has 0 radical (unpaired) electrons. The molecular weight excluding hydrogens is 704 g/mol. The molecule has 11 nitrogen and oxygen atoms in total. The van der Waals surface area contributed by atoms with Crippen LogP contribution in [0.2, 0.25) is 10.0 Å². The van der Waals surface area contributed by atoms with Gasteiger partial charge in [-0.15, -0.1) is 0 Å². The second-order valence-electron chi connectivity index (χ2n) is 12.5. The van der Waals surface area contributed by atoms with Crippen molar-refractivity contribution < 1.29 is 47.4 Å². The molecule has 50 heavy (non-hydrogen) atoms. The van der Waals surface area contributed by atoms with Crippen LogP contribution in [-0.4, -0.2) is 62.2 Å². The molecule has 2 aromatic carbocycles. The van der Waals surface area contributed by atoms with E-state index in [2.05, 4.69) is 10.4 Å². The van der Waals surface area contributed by atoms with E-state index in [0.29, 0.717) is 44.7 Å². The zero-order valence-corrected chi connectivity index (χ0v) is 27.2. The number of nitrogens with zero attached hydrogens (tertiary/aromatic N) is 3. The minimum Gasteiger partial charge on any atom is -0.491 e. The highest BCUT2D eigenvalue weighted by Gasteiger charge is 2.70. The summed E-state index contributed by atoms with van der Waals surface area (Å²) >= 11 is 12.5. The van der Waals surface area contributed by atoms with Crippen molar-refractivity contribution >= 4 is 52.6 Å². The number of hydrogen-bond acceptors (Lipinski definition) is 9. The lowest BCUT2D eigenvalue weighted by Gasteiger charge is -2.50. The lowest BCUT2D eigenvalue weighted by Crippen LogP contribution is -2.53. The smallest absolute Gasteiger partial charge is 0.417 e. The number of carbonyl (C=O) groups excluding carboxylic acids is 4. The molecule has 1 saturated carbocycles. The zero-order valence-electron chi connectivity index (χ0n) is 25.7. The van der Waals surface area contributed by atoms with Crippen molar-refractivity contribution in [1.29, 1.82) is 0 Å². The summed E-state index contributed by atoms with van der Waals surface area (Å²) in [7, 11) is 0. The number of allylic oxidation sites excluding steroid dienone is 2. The average Bonchev–Trinajstić information content (AvgIpc) is 3.44. The third kappa shape index (κ3) is 5.15. The number of nitrogens with one attached hydrogen (secondary N) is 1. The number of fused-ring (bicyclic) bond motifs is 4. The van der Waals surface area contributed by atoms with E-state index in [9.17, 15) is 37.9 Å². The molecule has 260 valence electrons. The molecule has 4 aliphatic rings. The molecule has 6 atom stereocenters. The Balaban J connectivity index is 1.42. The molecule has 2 saturated heterocycles. The Labute approximate surface area is 292 Å². The van der Waals surface area contributed by atoms with Crippen LogP contribution in [0.4, 0.5) is 19.0 Å². The molecule has 16 heteroatoms. The maximum atomic E-state index is 15.1. The Morgan fingerprint density at radius 3 is 2.32 bits per heavy atom. The summed E-state index contributed by atoms with van der Waals surface area (Å²) < 4.78 is 45.6. The van der Waals surface area contributed by atoms with Gasteiger partial charge in [0.25, 0.3) is 23.6 Å². The highest BCUT2D eigenvalue weighted by atomic mass is 35.5. The van der Waals surface area contributed by atoms with E-state index in [4.69, 9.17) is 27.9 Å². The number of ether oxygens (including phenoxy) is 1. The van der Waals surface area contributed by atoms with Gasteiger partial charge in [0.05, 0.1) is 40.4 Å². The largest absolute Gasteiger partial charge is 0.491 e. The van der Waals surface area contributed by atoms with Crippen molar-refractivity contribution in [1.82, 2.24) is 15.1 Å². The van der Waals surface area contributed by atoms with E-state index >= 15 is 4.79 Å². The molecule has 7 rings (SSSR count). The molecular formula is C34H27Cl2F3N4O7. The Hall–Kier alpha value is -4.50. The van der Waals surface area contributed by atoms with Crippen molar-refractivity contribution in [2.24, 2.45) is 23.7 Å². The Bertz CT molecular complexity index is 1940. The van der Waals surface area contributed by atoms with E-state index in [1.165, 1.54) is 0 Å². The van der Waals surface area contributed by atoms with Gasteiger partial charge in [-0.05, 0) is 60.2 Å². The summed E-state index contributed by atoms with van der Waals surface area (Å²) in [5.41, 5.74) is 1.27. The molecule has 3 fully saturated rings. The minimum absolute atomic E-state index is 0.0256. The molecule has 6 unspecified atom stereocenters. The number of hydrogen-bond donors (Lipinski definition) is 3. The number of alkyl halides is 3. The van der Waals surface area contributed by atoms with Gasteiger partial charge in [0.2, 0.25) is 0 Å². The van der Waals surface area contributed by atoms with Gasteiger partial charge in [-0.25, -0.2) is 4.98 Å². The molecule has 2 aliphatic carbocycles. The number of rotatable bonds is 7. The van der Waals surface area contributed by atoms with Crippen LogP contribution in [0.25, 0.3) is 0 Å². The van der Waals surface area contributed by atoms with Gasteiger partial charge in [0.1, 0.15) is 12.4 Å². The molecule has 3 aromatic rings. The summed E-state index contributed by atoms with van der Waals surface area (Å²) in [6, 6.07) is 13.6. The first kappa shape index (κ1) is 34.0. The van der Waals surface area contributed by atoms with Crippen molar-refractivity contribution in [3.8, 4) is 5.75 Å². The predicted octanol–water partition coefficient (Wildman–Crippen LogP) is 5.15. The minimum atomic E-state index is -4.75.